The number of primary amides is 1. The van der Waals surface area contributed by atoms with Crippen molar-refractivity contribution in [2.45, 2.75) is 33.1 Å². The molecule has 92 valence electrons. The lowest BCUT2D eigenvalue weighted by Gasteiger charge is -2.07. The molecule has 1 rings (SSSR count). The molecule has 2 nitrogen and oxygen atoms in total. The molecule has 0 bridgehead atoms. The van der Waals surface area contributed by atoms with Crippen LogP contribution in [0.15, 0.2) is 42.0 Å². The third kappa shape index (κ3) is 4.85. The first kappa shape index (κ1) is 13.5. The van der Waals surface area contributed by atoms with E-state index in [0.29, 0.717) is 0 Å². The summed E-state index contributed by atoms with van der Waals surface area (Å²) in [7, 11) is 0. The highest BCUT2D eigenvalue weighted by atomic mass is 16.1. The minimum Gasteiger partial charge on any atom is -0.366 e. The summed E-state index contributed by atoms with van der Waals surface area (Å²) in [4.78, 5) is 11.2. The van der Waals surface area contributed by atoms with Crippen LogP contribution in [0.5, 0.6) is 0 Å². The van der Waals surface area contributed by atoms with Gasteiger partial charge in [-0.1, -0.05) is 50.3 Å². The number of benzene rings is 1. The number of hydrogen-bond acceptors (Lipinski definition) is 1. The van der Waals surface area contributed by atoms with Crippen molar-refractivity contribution in [3.8, 4) is 0 Å². The maximum absolute atomic E-state index is 11.2. The van der Waals surface area contributed by atoms with Crippen LogP contribution in [0.4, 0.5) is 0 Å². The molecule has 17 heavy (non-hydrogen) atoms. The van der Waals surface area contributed by atoms with Crippen LogP contribution in [0.25, 0.3) is 0 Å². The summed E-state index contributed by atoms with van der Waals surface area (Å²) in [6.07, 6.45) is 4.98. The topological polar surface area (TPSA) is 43.1 Å². The Morgan fingerprint density at radius 1 is 1.29 bits per heavy atom. The molecule has 0 saturated carbocycles. The van der Waals surface area contributed by atoms with Gasteiger partial charge in [0.1, 0.15) is 0 Å². The van der Waals surface area contributed by atoms with Gasteiger partial charge in [0, 0.05) is 5.57 Å². The van der Waals surface area contributed by atoms with E-state index in [0.717, 1.165) is 24.8 Å². The Balaban J connectivity index is 2.41. The quantitative estimate of drug-likeness (QED) is 0.593. The van der Waals surface area contributed by atoms with Gasteiger partial charge in [0.05, 0.1) is 0 Å². The van der Waals surface area contributed by atoms with Crippen LogP contribution < -0.4 is 5.73 Å². The zero-order chi connectivity index (χ0) is 12.7. The van der Waals surface area contributed by atoms with E-state index in [1.807, 2.05) is 38.1 Å². The summed E-state index contributed by atoms with van der Waals surface area (Å²) in [5.74, 6) is -0.0797. The van der Waals surface area contributed by atoms with E-state index in [2.05, 4.69) is 12.1 Å². The van der Waals surface area contributed by atoms with Crippen molar-refractivity contribution in [2.75, 3.05) is 0 Å². The lowest BCUT2D eigenvalue weighted by atomic mass is 10.00. The molecule has 1 aromatic rings. The highest BCUT2D eigenvalue weighted by Crippen LogP contribution is 2.12. The first-order chi connectivity index (χ1) is 8.11. The molecule has 0 saturated heterocycles. The molecule has 0 aliphatic carbocycles. The standard InChI is InChI=1S/C15H21NO/c1-12(2)14(15(16)17)11-7-6-10-13-8-4-3-5-9-13/h3-5,8-9,11-12H,6-7,10H2,1-2H3,(H2,16,17)/b14-11+. The van der Waals surface area contributed by atoms with Crippen molar-refractivity contribution in [1.82, 2.24) is 0 Å². The summed E-state index contributed by atoms with van der Waals surface area (Å²) >= 11 is 0. The minimum absolute atomic E-state index is 0.212. The maximum atomic E-state index is 11.2. The van der Waals surface area contributed by atoms with E-state index in [1.165, 1.54) is 5.56 Å². The molecular weight excluding hydrogens is 210 g/mol. The number of hydrogen-bond donors (Lipinski definition) is 1. The fourth-order valence-electron chi connectivity index (χ4n) is 1.83. The second-order valence-electron chi connectivity index (χ2n) is 4.56. The van der Waals surface area contributed by atoms with Crippen molar-refractivity contribution in [1.29, 1.82) is 0 Å². The average molecular weight is 231 g/mol. The van der Waals surface area contributed by atoms with Crippen molar-refractivity contribution >= 4 is 5.91 Å². The molecule has 0 radical (unpaired) electrons. The number of allylic oxidation sites excluding steroid dienone is 1. The average Bonchev–Trinajstić information content (AvgIpc) is 2.29. The van der Waals surface area contributed by atoms with Gasteiger partial charge in [0.15, 0.2) is 0 Å². The second-order valence-corrected chi connectivity index (χ2v) is 4.56. The lowest BCUT2D eigenvalue weighted by molar-refractivity contribution is -0.115. The van der Waals surface area contributed by atoms with Gasteiger partial charge < -0.3 is 5.73 Å². The fourth-order valence-corrected chi connectivity index (χ4v) is 1.83. The van der Waals surface area contributed by atoms with Crippen LogP contribution in [0.1, 0.15) is 32.3 Å². The van der Waals surface area contributed by atoms with Gasteiger partial charge in [-0.15, -0.1) is 0 Å². The molecule has 0 aliphatic heterocycles. The maximum Gasteiger partial charge on any atom is 0.244 e. The SMILES string of the molecule is CC(C)/C(=C\CCCc1ccccc1)C(N)=O. The number of unbranched alkanes of at least 4 members (excludes halogenated alkanes) is 1. The lowest BCUT2D eigenvalue weighted by Crippen LogP contribution is -2.17. The van der Waals surface area contributed by atoms with E-state index in [4.69, 9.17) is 5.73 Å². The second kappa shape index (κ2) is 6.89. The van der Waals surface area contributed by atoms with E-state index in [1.54, 1.807) is 0 Å². The normalized spacial score (nSPS) is 11.8. The Morgan fingerprint density at radius 2 is 1.94 bits per heavy atom. The van der Waals surface area contributed by atoms with Crippen molar-refractivity contribution in [3.63, 3.8) is 0 Å². The molecule has 2 N–H and O–H groups in total. The van der Waals surface area contributed by atoms with Gasteiger partial charge >= 0.3 is 0 Å². The van der Waals surface area contributed by atoms with E-state index < -0.39 is 0 Å². The van der Waals surface area contributed by atoms with Gasteiger partial charge in [0.25, 0.3) is 0 Å². The number of amides is 1. The Morgan fingerprint density at radius 3 is 2.47 bits per heavy atom. The van der Waals surface area contributed by atoms with Crippen LogP contribution in [0, 0.1) is 5.92 Å². The van der Waals surface area contributed by atoms with Gasteiger partial charge in [-0.2, -0.15) is 0 Å². The van der Waals surface area contributed by atoms with Crippen LogP contribution in [-0.2, 0) is 11.2 Å². The minimum atomic E-state index is -0.292. The first-order valence-electron chi connectivity index (χ1n) is 6.15. The zero-order valence-corrected chi connectivity index (χ0v) is 10.6. The first-order valence-corrected chi connectivity index (χ1v) is 6.15. The largest absolute Gasteiger partial charge is 0.366 e. The predicted molar refractivity (Wildman–Crippen MR) is 71.5 cm³/mol. The summed E-state index contributed by atoms with van der Waals surface area (Å²) in [6, 6.07) is 10.4. The Labute approximate surface area is 104 Å². The fraction of sp³-hybridized carbons (Fsp3) is 0.400. The molecule has 0 aliphatic rings. The molecule has 0 fully saturated rings. The van der Waals surface area contributed by atoms with E-state index >= 15 is 0 Å². The van der Waals surface area contributed by atoms with Gasteiger partial charge in [0.2, 0.25) is 5.91 Å². The molecule has 0 spiro atoms. The third-order valence-corrected chi connectivity index (χ3v) is 2.78. The van der Waals surface area contributed by atoms with E-state index in [-0.39, 0.29) is 11.8 Å². The number of carbonyl (C=O) groups is 1. The van der Waals surface area contributed by atoms with Crippen LogP contribution in [-0.4, -0.2) is 5.91 Å². The number of rotatable bonds is 6. The van der Waals surface area contributed by atoms with Crippen LogP contribution in [0.3, 0.4) is 0 Å². The molecule has 0 unspecified atom stereocenters. The van der Waals surface area contributed by atoms with Gasteiger partial charge in [-0.3, -0.25) is 4.79 Å². The van der Waals surface area contributed by atoms with Crippen LogP contribution in [0.2, 0.25) is 0 Å². The van der Waals surface area contributed by atoms with Crippen molar-refractivity contribution in [3.05, 3.63) is 47.5 Å². The number of nitrogens with two attached hydrogens (primary N) is 1. The summed E-state index contributed by atoms with van der Waals surface area (Å²) in [5.41, 5.74) is 7.41. The Bertz CT molecular complexity index is 379. The van der Waals surface area contributed by atoms with Gasteiger partial charge in [-0.05, 0) is 30.7 Å². The highest BCUT2D eigenvalue weighted by Gasteiger charge is 2.08. The van der Waals surface area contributed by atoms with E-state index in [9.17, 15) is 4.79 Å². The predicted octanol–water partition coefficient (Wildman–Crippen LogP) is 3.08. The Hall–Kier alpha value is -1.57. The zero-order valence-electron chi connectivity index (χ0n) is 10.6. The van der Waals surface area contributed by atoms with Crippen molar-refractivity contribution < 1.29 is 4.79 Å². The number of carbonyl (C=O) groups excluding carboxylic acids is 1. The van der Waals surface area contributed by atoms with Gasteiger partial charge in [-0.25, -0.2) is 0 Å². The summed E-state index contributed by atoms with van der Waals surface area (Å²) < 4.78 is 0. The molecule has 1 aromatic carbocycles. The van der Waals surface area contributed by atoms with Crippen molar-refractivity contribution in [2.24, 2.45) is 11.7 Å². The molecule has 0 heterocycles. The smallest absolute Gasteiger partial charge is 0.244 e. The molecule has 0 aromatic heterocycles. The Kier molecular flexibility index (Phi) is 5.47. The molecular formula is C15H21NO. The summed E-state index contributed by atoms with van der Waals surface area (Å²) in [5, 5.41) is 0. The highest BCUT2D eigenvalue weighted by molar-refractivity contribution is 5.92. The summed E-state index contributed by atoms with van der Waals surface area (Å²) in [6.45, 7) is 3.99. The van der Waals surface area contributed by atoms with Crippen LogP contribution >= 0.6 is 0 Å². The molecule has 2 heteroatoms. The number of aryl methyl sites for hydroxylation is 1. The molecule has 1 amide bonds. The molecule has 0 atom stereocenters. The monoisotopic (exact) mass is 231 g/mol. The third-order valence-electron chi connectivity index (χ3n) is 2.78.